The van der Waals surface area contributed by atoms with Crippen LogP contribution in [0.5, 0.6) is 0 Å². The van der Waals surface area contributed by atoms with Gasteiger partial charge in [-0.05, 0) is 162 Å². The number of carbonyl (C=O) groups is 3. The summed E-state index contributed by atoms with van der Waals surface area (Å²) in [6, 6.07) is 92.8. The van der Waals surface area contributed by atoms with Crippen LogP contribution in [-0.4, -0.2) is 92.5 Å². The third kappa shape index (κ3) is 17.1. The van der Waals surface area contributed by atoms with Crippen molar-refractivity contribution >= 4 is 82.0 Å². The second-order valence-corrected chi connectivity index (χ2v) is 27.8. The molecule has 0 unspecified atom stereocenters. The van der Waals surface area contributed by atoms with Gasteiger partial charge in [0.25, 0.3) is 0 Å². The van der Waals surface area contributed by atoms with Gasteiger partial charge in [0, 0.05) is 108 Å². The number of pyridine rings is 12. The Kier molecular flexibility index (Phi) is 23.6. The molecule has 0 saturated carbocycles. The van der Waals surface area contributed by atoms with Crippen molar-refractivity contribution in [2.45, 2.75) is 38.5 Å². The molecule has 573 valence electrons. The summed E-state index contributed by atoms with van der Waals surface area (Å²) in [4.78, 5) is 99.2. The molecule has 0 saturated heterocycles. The first-order chi connectivity index (χ1) is 57.2. The maximum Gasteiger partial charge on any atom is 0.174 e. The van der Waals surface area contributed by atoms with Gasteiger partial charge in [-0.25, -0.2) is 29.9 Å². The molecule has 0 aliphatic carbocycles. The molecule has 0 aliphatic rings. The van der Waals surface area contributed by atoms with Gasteiger partial charge < -0.3 is 15.3 Å². The zero-order chi connectivity index (χ0) is 80.3. The number of hydrogen-bond donors (Lipinski definition) is 3. The molecule has 3 N–H and O–H groups in total. The summed E-state index contributed by atoms with van der Waals surface area (Å²) in [6.45, 7) is 4.46. The van der Waals surface area contributed by atoms with Crippen molar-refractivity contribution < 1.29 is 49.8 Å². The third-order valence-electron chi connectivity index (χ3n) is 19.7. The van der Waals surface area contributed by atoms with E-state index in [1.165, 1.54) is 39.0 Å². The summed E-state index contributed by atoms with van der Waals surface area (Å²) in [6.07, 6.45) is 14.1. The number of aliphatic hydroxyl groups excluding tert-OH is 3. The summed E-state index contributed by atoms with van der Waals surface area (Å²) >= 11 is 0. The van der Waals surface area contributed by atoms with Gasteiger partial charge in [0.15, 0.2) is 17.3 Å². The fourth-order valence-corrected chi connectivity index (χ4v) is 14.6. The summed E-state index contributed by atoms with van der Waals surface area (Å²) in [5.41, 5.74) is 11.4. The minimum absolute atomic E-state index is 0. The van der Waals surface area contributed by atoms with Gasteiger partial charge in [0.2, 0.25) is 0 Å². The molecule has 12 aromatic heterocycles. The Hall–Kier alpha value is -15.0. The van der Waals surface area contributed by atoms with E-state index in [0.717, 1.165) is 64.6 Å². The van der Waals surface area contributed by atoms with Crippen molar-refractivity contribution in [3.63, 3.8) is 0 Å². The van der Waals surface area contributed by atoms with E-state index in [2.05, 4.69) is 29.9 Å². The van der Waals surface area contributed by atoms with E-state index in [0.29, 0.717) is 102 Å². The number of allylic oxidation sites excluding steroid dienone is 6. The quantitative estimate of drug-likeness (QED) is 0.0532. The number of aromatic nitrogens is 12. The van der Waals surface area contributed by atoms with Crippen LogP contribution in [0.1, 0.15) is 72.7 Å². The number of benzene rings is 6. The van der Waals surface area contributed by atoms with Gasteiger partial charge in [0.1, 0.15) is 17.8 Å². The minimum Gasteiger partial charge on any atom is -0.512 e. The van der Waals surface area contributed by atoms with Crippen LogP contribution in [0, 0.1) is 0 Å². The maximum atomic E-state index is 14.0. The summed E-state index contributed by atoms with van der Waals surface area (Å²) in [5.74, 6) is -3.89. The summed E-state index contributed by atoms with van der Waals surface area (Å²) in [7, 11) is 0. The molecular formula is C99H72IrN12O6. The Labute approximate surface area is 692 Å². The molecule has 118 heavy (non-hydrogen) atoms. The van der Waals surface area contributed by atoms with Gasteiger partial charge in [-0.2, -0.15) is 0 Å². The van der Waals surface area contributed by atoms with Gasteiger partial charge in [-0.1, -0.05) is 182 Å². The van der Waals surface area contributed by atoms with Crippen LogP contribution >= 0.6 is 0 Å². The molecule has 1 radical (unpaired) electrons. The molecule has 18 aromatic rings. The van der Waals surface area contributed by atoms with Crippen molar-refractivity contribution in [1.82, 2.24) is 59.8 Å². The molecule has 18 rings (SSSR count). The maximum absolute atomic E-state index is 14.0. The fourth-order valence-electron chi connectivity index (χ4n) is 14.6. The Morgan fingerprint density at radius 2 is 0.381 bits per heavy atom. The first-order valence-electron chi connectivity index (χ1n) is 37.8. The van der Waals surface area contributed by atoms with Crippen molar-refractivity contribution in [1.29, 1.82) is 0 Å². The molecule has 0 spiro atoms. The third-order valence-corrected chi connectivity index (χ3v) is 19.7. The minimum atomic E-state index is -0.894. The van der Waals surface area contributed by atoms with E-state index < -0.39 is 17.8 Å². The molecular weight excluding hydrogens is 1650 g/mol. The largest absolute Gasteiger partial charge is 0.512 e. The molecule has 0 fully saturated rings. The average Bonchev–Trinajstić information content (AvgIpc) is 0.761. The number of carbonyl (C=O) groups excluding carboxylic acids is 3. The van der Waals surface area contributed by atoms with Crippen LogP contribution in [0.3, 0.4) is 0 Å². The Balaban J connectivity index is 0.000000138. The SMILES string of the molecule is C/C(O)=C/C(=O)C(c1nc(-c2ccccn2)cc2ccccc12)c1nc(-c2ccccn2)cc2ccccc12.C/C(O)=C/C(=O)C(c1nc(-c2ccccn2)cc2ccccc12)c1nc(-c2ccccn2)cc2ccccc12.C/C(O)=C/C(=O)C(c1nc(-c2ccccn2)cc2ccccc12)c1nc(-c2ccccn2)cc2ccccc12.[Ir]. The zero-order valence-electron chi connectivity index (χ0n) is 63.9. The zero-order valence-corrected chi connectivity index (χ0v) is 66.3. The number of rotatable bonds is 18. The van der Waals surface area contributed by atoms with Crippen molar-refractivity contribution in [3.05, 3.63) is 398 Å². The predicted molar refractivity (Wildman–Crippen MR) is 460 cm³/mol. The first kappa shape index (κ1) is 78.2. The second-order valence-electron chi connectivity index (χ2n) is 27.8. The predicted octanol–water partition coefficient (Wildman–Crippen LogP) is 21.2. The molecule has 12 heterocycles. The van der Waals surface area contributed by atoms with Crippen LogP contribution in [0.2, 0.25) is 0 Å². The Morgan fingerprint density at radius 3 is 0.525 bits per heavy atom. The summed E-state index contributed by atoms with van der Waals surface area (Å²) in [5, 5.41) is 40.9. The van der Waals surface area contributed by atoms with E-state index >= 15 is 0 Å². The van der Waals surface area contributed by atoms with Crippen molar-refractivity contribution in [2.24, 2.45) is 0 Å². The molecule has 0 atom stereocenters. The van der Waals surface area contributed by atoms with Crippen molar-refractivity contribution in [3.8, 4) is 68.3 Å². The molecule has 0 amide bonds. The van der Waals surface area contributed by atoms with Gasteiger partial charge >= 0.3 is 0 Å². The first-order valence-corrected chi connectivity index (χ1v) is 37.8. The molecule has 0 bridgehead atoms. The van der Waals surface area contributed by atoms with Gasteiger partial charge in [-0.3, -0.25) is 44.3 Å². The van der Waals surface area contributed by atoms with E-state index in [9.17, 15) is 29.7 Å². The van der Waals surface area contributed by atoms with E-state index in [4.69, 9.17) is 29.9 Å². The van der Waals surface area contributed by atoms with Crippen molar-refractivity contribution in [2.75, 3.05) is 0 Å². The van der Waals surface area contributed by atoms with Crippen LogP contribution in [0.4, 0.5) is 0 Å². The monoisotopic (exact) mass is 1720 g/mol. The number of ketones is 3. The smallest absolute Gasteiger partial charge is 0.174 e. The van der Waals surface area contributed by atoms with Crippen LogP contribution in [0.25, 0.3) is 133 Å². The molecule has 18 nitrogen and oxygen atoms in total. The summed E-state index contributed by atoms with van der Waals surface area (Å²) < 4.78 is 0. The average molecular weight is 1720 g/mol. The standard InChI is InChI=1S/3C33H24N4O2.Ir/c3*1-21(38)18-30(39)31(32-24-12-4-2-10-22(24)19-28(36-32)26-14-6-8-16-34-26)33-25-13-5-3-11-23(25)20-29(37-33)27-15-7-9-17-35-27;/h3*2-20,31,38H,1H3;/b3*21-18-;. The Morgan fingerprint density at radius 1 is 0.229 bits per heavy atom. The normalized spacial score (nSPS) is 11.7. The number of nitrogens with zero attached hydrogens (tertiary/aromatic N) is 12. The number of hydrogen-bond acceptors (Lipinski definition) is 18. The van der Waals surface area contributed by atoms with E-state index in [-0.39, 0.29) is 54.7 Å². The molecule has 6 aromatic carbocycles. The van der Waals surface area contributed by atoms with E-state index in [1.54, 1.807) is 37.2 Å². The fraction of sp³-hybridized carbons (Fsp3) is 0.0606. The van der Waals surface area contributed by atoms with Crippen LogP contribution in [0.15, 0.2) is 364 Å². The van der Waals surface area contributed by atoms with Gasteiger partial charge in [-0.15, -0.1) is 0 Å². The number of aliphatic hydroxyl groups is 3. The molecule has 0 aliphatic heterocycles. The van der Waals surface area contributed by atoms with E-state index in [1.807, 2.05) is 291 Å². The van der Waals surface area contributed by atoms with Crippen LogP contribution < -0.4 is 0 Å². The number of fused-ring (bicyclic) bond motifs is 6. The van der Waals surface area contributed by atoms with Gasteiger partial charge in [0.05, 0.1) is 120 Å². The molecule has 19 heteroatoms. The topological polar surface area (TPSA) is 267 Å². The second kappa shape index (κ2) is 35.6. The van der Waals surface area contributed by atoms with Crippen LogP contribution in [-0.2, 0) is 34.5 Å². The Bertz CT molecular complexity index is 5840.